The van der Waals surface area contributed by atoms with Gasteiger partial charge in [-0.25, -0.2) is 14.8 Å². The molecule has 0 unspecified atom stereocenters. The minimum absolute atomic E-state index is 0.141. The molecule has 1 aromatic carbocycles. The van der Waals surface area contributed by atoms with Crippen molar-refractivity contribution in [1.82, 2.24) is 9.97 Å². The predicted molar refractivity (Wildman–Crippen MR) is 73.3 cm³/mol. The summed E-state index contributed by atoms with van der Waals surface area (Å²) in [6.07, 6.45) is 1.36. The van der Waals surface area contributed by atoms with Crippen LogP contribution >= 0.6 is 0 Å². The van der Waals surface area contributed by atoms with Crippen LogP contribution in [0.3, 0.4) is 0 Å². The molecule has 0 amide bonds. The Hall–Kier alpha value is -2.23. The lowest BCUT2D eigenvalue weighted by Crippen LogP contribution is -2.04. The second kappa shape index (κ2) is 5.18. The Bertz CT molecular complexity index is 604. The van der Waals surface area contributed by atoms with E-state index < -0.39 is 5.97 Å². The maximum Gasteiger partial charge on any atom is 0.339 e. The number of aryl methyl sites for hydroxylation is 1. The topological polar surface area (TPSA) is 63.1 Å². The fraction of sp³-hybridized carbons (Fsp3) is 0.267. The normalized spacial score (nSPS) is 10.7. The molecule has 0 spiro atoms. The molecule has 98 valence electrons. The van der Waals surface area contributed by atoms with E-state index >= 15 is 0 Å². The van der Waals surface area contributed by atoms with E-state index in [2.05, 4.69) is 23.8 Å². The summed E-state index contributed by atoms with van der Waals surface area (Å²) < 4.78 is 0. The molecule has 1 N–H and O–H groups in total. The zero-order valence-electron chi connectivity index (χ0n) is 11.2. The Labute approximate surface area is 112 Å². The lowest BCUT2D eigenvalue weighted by Gasteiger charge is -2.07. The number of carboxylic acid groups (broad SMARTS) is 1. The quantitative estimate of drug-likeness (QED) is 0.915. The molecule has 0 fully saturated rings. The first-order valence-corrected chi connectivity index (χ1v) is 6.16. The van der Waals surface area contributed by atoms with Gasteiger partial charge >= 0.3 is 5.97 Å². The number of hydrogen-bond donors (Lipinski definition) is 1. The van der Waals surface area contributed by atoms with Crippen LogP contribution in [0.2, 0.25) is 0 Å². The fourth-order valence-corrected chi connectivity index (χ4v) is 1.83. The van der Waals surface area contributed by atoms with Crippen LogP contribution in [0.1, 0.15) is 41.4 Å². The van der Waals surface area contributed by atoms with Crippen LogP contribution in [-0.2, 0) is 0 Å². The van der Waals surface area contributed by atoms with Crippen LogP contribution in [0.5, 0.6) is 0 Å². The fourth-order valence-electron chi connectivity index (χ4n) is 1.83. The highest BCUT2D eigenvalue weighted by atomic mass is 16.4. The summed E-state index contributed by atoms with van der Waals surface area (Å²) in [5.41, 5.74) is 2.76. The van der Waals surface area contributed by atoms with Crippen molar-refractivity contribution in [2.75, 3.05) is 0 Å². The largest absolute Gasteiger partial charge is 0.478 e. The van der Waals surface area contributed by atoms with Crippen molar-refractivity contribution >= 4 is 5.97 Å². The van der Waals surface area contributed by atoms with Crippen molar-refractivity contribution in [3.63, 3.8) is 0 Å². The highest BCUT2D eigenvalue weighted by Gasteiger charge is 2.11. The Morgan fingerprint density at radius 1 is 1.21 bits per heavy atom. The van der Waals surface area contributed by atoms with Crippen LogP contribution in [0.15, 0.2) is 30.5 Å². The summed E-state index contributed by atoms with van der Waals surface area (Å²) in [4.78, 5) is 19.3. The van der Waals surface area contributed by atoms with Gasteiger partial charge in [-0.05, 0) is 18.4 Å². The van der Waals surface area contributed by atoms with E-state index in [0.29, 0.717) is 17.4 Å². The maximum atomic E-state index is 10.9. The Kier molecular flexibility index (Phi) is 3.60. The number of carbonyl (C=O) groups is 1. The first-order chi connectivity index (χ1) is 8.99. The summed E-state index contributed by atoms with van der Waals surface area (Å²) in [5.74, 6) is 0.0307. The highest BCUT2D eigenvalue weighted by molar-refractivity contribution is 5.88. The number of aromatic nitrogens is 2. The smallest absolute Gasteiger partial charge is 0.339 e. The SMILES string of the molecule is Cc1nc(-c2ccc(C(C)C)cc2)ncc1C(=O)O. The summed E-state index contributed by atoms with van der Waals surface area (Å²) >= 11 is 0. The number of rotatable bonds is 3. The highest BCUT2D eigenvalue weighted by Crippen LogP contribution is 2.20. The molecule has 2 aromatic rings. The molecule has 0 bridgehead atoms. The molecule has 1 heterocycles. The first kappa shape index (κ1) is 13.2. The average Bonchev–Trinajstić information content (AvgIpc) is 2.38. The van der Waals surface area contributed by atoms with E-state index in [1.165, 1.54) is 11.8 Å². The van der Waals surface area contributed by atoms with Crippen molar-refractivity contribution < 1.29 is 9.90 Å². The number of benzene rings is 1. The van der Waals surface area contributed by atoms with Crippen LogP contribution < -0.4 is 0 Å². The number of aromatic carboxylic acids is 1. The molecule has 0 saturated carbocycles. The molecule has 0 saturated heterocycles. The van der Waals surface area contributed by atoms with Gasteiger partial charge in [0, 0.05) is 11.8 Å². The molecule has 4 heteroatoms. The van der Waals surface area contributed by atoms with Gasteiger partial charge in [-0.2, -0.15) is 0 Å². The Morgan fingerprint density at radius 3 is 2.32 bits per heavy atom. The lowest BCUT2D eigenvalue weighted by molar-refractivity contribution is 0.0695. The number of hydrogen-bond acceptors (Lipinski definition) is 3. The molecule has 1 aromatic heterocycles. The third-order valence-electron chi connectivity index (χ3n) is 3.05. The Morgan fingerprint density at radius 2 is 1.84 bits per heavy atom. The van der Waals surface area contributed by atoms with E-state index in [1.807, 2.05) is 24.3 Å². The zero-order valence-corrected chi connectivity index (χ0v) is 11.2. The van der Waals surface area contributed by atoms with Gasteiger partial charge in [0.15, 0.2) is 5.82 Å². The molecule has 4 nitrogen and oxygen atoms in total. The van der Waals surface area contributed by atoms with E-state index in [4.69, 9.17) is 5.11 Å². The molecule has 19 heavy (non-hydrogen) atoms. The van der Waals surface area contributed by atoms with Gasteiger partial charge in [0.05, 0.1) is 11.3 Å². The van der Waals surface area contributed by atoms with Crippen LogP contribution in [0.25, 0.3) is 11.4 Å². The van der Waals surface area contributed by atoms with Gasteiger partial charge in [0.2, 0.25) is 0 Å². The minimum atomic E-state index is -1.00. The predicted octanol–water partition coefficient (Wildman–Crippen LogP) is 3.27. The monoisotopic (exact) mass is 256 g/mol. The lowest BCUT2D eigenvalue weighted by atomic mass is 10.0. The molecule has 0 atom stereocenters. The van der Waals surface area contributed by atoms with Gasteiger partial charge in [-0.1, -0.05) is 38.1 Å². The van der Waals surface area contributed by atoms with E-state index in [1.54, 1.807) is 6.92 Å². The average molecular weight is 256 g/mol. The molecule has 0 aliphatic rings. The summed E-state index contributed by atoms with van der Waals surface area (Å²) in [5, 5.41) is 8.94. The van der Waals surface area contributed by atoms with Crippen LogP contribution in [0.4, 0.5) is 0 Å². The minimum Gasteiger partial charge on any atom is -0.478 e. The maximum absolute atomic E-state index is 10.9. The summed E-state index contributed by atoms with van der Waals surface area (Å²) in [6.45, 7) is 5.95. The number of nitrogens with zero attached hydrogens (tertiary/aromatic N) is 2. The van der Waals surface area contributed by atoms with E-state index in [9.17, 15) is 4.79 Å². The molecule has 0 aliphatic carbocycles. The number of carboxylic acids is 1. The summed E-state index contributed by atoms with van der Waals surface area (Å²) in [6, 6.07) is 8.02. The molecule has 2 rings (SSSR count). The second-order valence-electron chi connectivity index (χ2n) is 4.77. The molecule has 0 radical (unpaired) electrons. The first-order valence-electron chi connectivity index (χ1n) is 6.16. The second-order valence-corrected chi connectivity index (χ2v) is 4.77. The molecule has 0 aliphatic heterocycles. The zero-order chi connectivity index (χ0) is 14.0. The standard InChI is InChI=1S/C15H16N2O2/c1-9(2)11-4-6-12(7-5-11)14-16-8-13(15(18)19)10(3)17-14/h4-9H,1-3H3,(H,18,19). The molecular weight excluding hydrogens is 240 g/mol. The van der Waals surface area contributed by atoms with Gasteiger partial charge in [0.25, 0.3) is 0 Å². The Balaban J connectivity index is 2.37. The van der Waals surface area contributed by atoms with Crippen molar-refractivity contribution in [3.05, 3.63) is 47.3 Å². The van der Waals surface area contributed by atoms with Gasteiger partial charge < -0.3 is 5.11 Å². The molecular formula is C15H16N2O2. The van der Waals surface area contributed by atoms with Gasteiger partial charge in [-0.3, -0.25) is 0 Å². The third kappa shape index (κ3) is 2.78. The van der Waals surface area contributed by atoms with Crippen LogP contribution in [-0.4, -0.2) is 21.0 Å². The van der Waals surface area contributed by atoms with E-state index in [-0.39, 0.29) is 5.56 Å². The van der Waals surface area contributed by atoms with E-state index in [0.717, 1.165) is 5.56 Å². The van der Waals surface area contributed by atoms with Crippen molar-refractivity contribution in [1.29, 1.82) is 0 Å². The van der Waals surface area contributed by atoms with Crippen molar-refractivity contribution in [2.45, 2.75) is 26.7 Å². The van der Waals surface area contributed by atoms with Crippen LogP contribution in [0, 0.1) is 6.92 Å². The van der Waals surface area contributed by atoms with Crippen molar-refractivity contribution in [3.8, 4) is 11.4 Å². The van der Waals surface area contributed by atoms with Crippen molar-refractivity contribution in [2.24, 2.45) is 0 Å². The van der Waals surface area contributed by atoms with Gasteiger partial charge in [-0.15, -0.1) is 0 Å². The van der Waals surface area contributed by atoms with Gasteiger partial charge in [0.1, 0.15) is 0 Å². The third-order valence-corrected chi connectivity index (χ3v) is 3.05. The summed E-state index contributed by atoms with van der Waals surface area (Å²) in [7, 11) is 0.